The predicted molar refractivity (Wildman–Crippen MR) is 76.8 cm³/mol. The van der Waals surface area contributed by atoms with Crippen molar-refractivity contribution in [2.75, 3.05) is 5.32 Å². The number of para-hydroxylation sites is 2. The number of benzene rings is 1. The largest absolute Gasteiger partial charge is 0.489 e. The highest BCUT2D eigenvalue weighted by Gasteiger charge is 2.26. The molecule has 5 nitrogen and oxygen atoms in total. The molecule has 2 unspecified atom stereocenters. The van der Waals surface area contributed by atoms with Crippen molar-refractivity contribution in [2.45, 2.75) is 33.8 Å². The molecule has 2 atom stereocenters. The van der Waals surface area contributed by atoms with Crippen molar-refractivity contribution in [3.05, 3.63) is 24.3 Å². The minimum absolute atomic E-state index is 0.0107. The Labute approximate surface area is 118 Å². The normalized spacial score (nSPS) is 13.7. The van der Waals surface area contributed by atoms with Gasteiger partial charge in [0.1, 0.15) is 5.75 Å². The molecule has 0 aliphatic rings. The molecule has 1 aromatic rings. The van der Waals surface area contributed by atoms with E-state index in [0.29, 0.717) is 11.4 Å². The quantitative estimate of drug-likeness (QED) is 0.839. The number of rotatable bonds is 6. The summed E-state index contributed by atoms with van der Waals surface area (Å²) in [4.78, 5) is 23.0. The van der Waals surface area contributed by atoms with Crippen molar-refractivity contribution >= 4 is 17.6 Å². The molecule has 1 aromatic carbocycles. The van der Waals surface area contributed by atoms with Crippen LogP contribution < -0.4 is 10.1 Å². The number of ether oxygens (including phenoxy) is 1. The molecule has 1 rings (SSSR count). The van der Waals surface area contributed by atoms with Crippen LogP contribution in [-0.2, 0) is 9.59 Å². The maximum atomic E-state index is 12.1. The van der Waals surface area contributed by atoms with Crippen LogP contribution >= 0.6 is 0 Å². The lowest BCUT2D eigenvalue weighted by Gasteiger charge is -2.18. The second-order valence-corrected chi connectivity index (χ2v) is 5.07. The summed E-state index contributed by atoms with van der Waals surface area (Å²) in [6.45, 7) is 6.91. The summed E-state index contributed by atoms with van der Waals surface area (Å²) in [5, 5.41) is 11.7. The minimum Gasteiger partial charge on any atom is -0.489 e. The Bertz CT molecular complexity index is 485. The fraction of sp³-hybridized carbons (Fsp3) is 0.467. The molecule has 0 aromatic heterocycles. The van der Waals surface area contributed by atoms with Gasteiger partial charge in [-0.3, -0.25) is 9.59 Å². The van der Waals surface area contributed by atoms with E-state index >= 15 is 0 Å². The van der Waals surface area contributed by atoms with Gasteiger partial charge in [-0.05, 0) is 26.0 Å². The van der Waals surface area contributed by atoms with Crippen molar-refractivity contribution in [3.8, 4) is 5.75 Å². The van der Waals surface area contributed by atoms with E-state index in [1.807, 2.05) is 19.9 Å². The van der Waals surface area contributed by atoms with E-state index in [4.69, 9.17) is 9.84 Å². The monoisotopic (exact) mass is 279 g/mol. The number of carboxylic acid groups (broad SMARTS) is 1. The van der Waals surface area contributed by atoms with E-state index in [-0.39, 0.29) is 12.0 Å². The first-order valence-electron chi connectivity index (χ1n) is 6.62. The predicted octanol–water partition coefficient (Wildman–Crippen LogP) is 2.77. The van der Waals surface area contributed by atoms with Gasteiger partial charge < -0.3 is 15.2 Å². The fourth-order valence-electron chi connectivity index (χ4n) is 1.61. The molecule has 0 radical (unpaired) electrons. The van der Waals surface area contributed by atoms with Crippen LogP contribution in [0.4, 0.5) is 5.69 Å². The van der Waals surface area contributed by atoms with E-state index in [1.54, 1.807) is 25.1 Å². The number of carboxylic acids is 1. The number of anilines is 1. The summed E-state index contributed by atoms with van der Waals surface area (Å²) in [7, 11) is 0. The van der Waals surface area contributed by atoms with E-state index in [2.05, 4.69) is 5.32 Å². The van der Waals surface area contributed by atoms with Crippen LogP contribution in [0.25, 0.3) is 0 Å². The van der Waals surface area contributed by atoms with Crippen LogP contribution in [0, 0.1) is 11.8 Å². The van der Waals surface area contributed by atoms with Gasteiger partial charge in [-0.2, -0.15) is 0 Å². The highest BCUT2D eigenvalue weighted by molar-refractivity contribution is 5.95. The first kappa shape index (κ1) is 16.0. The molecule has 20 heavy (non-hydrogen) atoms. The number of amides is 1. The molecule has 1 amide bonds. The number of carbonyl (C=O) groups excluding carboxylic acids is 1. The summed E-state index contributed by atoms with van der Waals surface area (Å²) in [5.41, 5.74) is 0.552. The van der Waals surface area contributed by atoms with Gasteiger partial charge in [-0.1, -0.05) is 26.0 Å². The maximum absolute atomic E-state index is 12.1. The van der Waals surface area contributed by atoms with Gasteiger partial charge in [-0.25, -0.2) is 0 Å². The maximum Gasteiger partial charge on any atom is 0.307 e. The molecule has 0 bridgehead atoms. The first-order valence-corrected chi connectivity index (χ1v) is 6.62. The Morgan fingerprint density at radius 3 is 2.25 bits per heavy atom. The lowest BCUT2D eigenvalue weighted by molar-refractivity contribution is -0.145. The molecule has 5 heteroatoms. The molecule has 0 spiro atoms. The fourth-order valence-corrected chi connectivity index (χ4v) is 1.61. The summed E-state index contributed by atoms with van der Waals surface area (Å²) >= 11 is 0. The number of aliphatic carboxylic acids is 1. The van der Waals surface area contributed by atoms with E-state index in [0.717, 1.165) is 0 Å². The van der Waals surface area contributed by atoms with Gasteiger partial charge >= 0.3 is 5.97 Å². The second kappa shape index (κ2) is 6.93. The zero-order valence-corrected chi connectivity index (χ0v) is 12.2. The number of hydrogen-bond donors (Lipinski definition) is 2. The van der Waals surface area contributed by atoms with Crippen LogP contribution in [0.2, 0.25) is 0 Å². The number of hydrogen-bond acceptors (Lipinski definition) is 3. The summed E-state index contributed by atoms with van der Waals surface area (Å²) in [6, 6.07) is 7.10. The third kappa shape index (κ3) is 4.26. The van der Waals surface area contributed by atoms with Crippen molar-refractivity contribution in [2.24, 2.45) is 11.8 Å². The van der Waals surface area contributed by atoms with Gasteiger partial charge in [0.15, 0.2) is 0 Å². The lowest BCUT2D eigenvalue weighted by Crippen LogP contribution is -2.30. The van der Waals surface area contributed by atoms with Crippen LogP contribution in [0.3, 0.4) is 0 Å². The summed E-state index contributed by atoms with van der Waals surface area (Å²) in [6.07, 6.45) is -0.0107. The second-order valence-electron chi connectivity index (χ2n) is 5.07. The molecule has 0 saturated heterocycles. The Morgan fingerprint density at radius 1 is 1.10 bits per heavy atom. The summed E-state index contributed by atoms with van der Waals surface area (Å²) in [5.74, 6) is -2.11. The van der Waals surface area contributed by atoms with Crippen LogP contribution in [-0.4, -0.2) is 23.1 Å². The highest BCUT2D eigenvalue weighted by Crippen LogP contribution is 2.26. The van der Waals surface area contributed by atoms with Crippen LogP contribution in [0.1, 0.15) is 27.7 Å². The molecule has 110 valence electrons. The van der Waals surface area contributed by atoms with Crippen LogP contribution in [0.15, 0.2) is 24.3 Å². The van der Waals surface area contributed by atoms with Gasteiger partial charge in [-0.15, -0.1) is 0 Å². The molecule has 0 saturated carbocycles. The third-order valence-electron chi connectivity index (χ3n) is 3.06. The Hall–Kier alpha value is -2.04. The van der Waals surface area contributed by atoms with E-state index in [9.17, 15) is 9.59 Å². The van der Waals surface area contributed by atoms with Crippen LogP contribution in [0.5, 0.6) is 5.75 Å². The average molecular weight is 279 g/mol. The van der Waals surface area contributed by atoms with Crippen molar-refractivity contribution in [1.82, 2.24) is 0 Å². The summed E-state index contributed by atoms with van der Waals surface area (Å²) < 4.78 is 5.60. The van der Waals surface area contributed by atoms with E-state index < -0.39 is 17.8 Å². The van der Waals surface area contributed by atoms with Crippen molar-refractivity contribution in [3.63, 3.8) is 0 Å². The molecular weight excluding hydrogens is 258 g/mol. The first-order chi connectivity index (χ1) is 9.32. The average Bonchev–Trinajstić information content (AvgIpc) is 2.38. The van der Waals surface area contributed by atoms with Gasteiger partial charge in [0.25, 0.3) is 0 Å². The zero-order valence-electron chi connectivity index (χ0n) is 12.2. The smallest absolute Gasteiger partial charge is 0.307 e. The van der Waals surface area contributed by atoms with Gasteiger partial charge in [0, 0.05) is 5.92 Å². The molecule has 0 aliphatic carbocycles. The lowest BCUT2D eigenvalue weighted by atomic mass is 9.95. The molecule has 0 aliphatic heterocycles. The van der Waals surface area contributed by atoms with Gasteiger partial charge in [0.05, 0.1) is 17.7 Å². The van der Waals surface area contributed by atoms with Crippen molar-refractivity contribution in [1.29, 1.82) is 0 Å². The van der Waals surface area contributed by atoms with Gasteiger partial charge in [0.2, 0.25) is 5.91 Å². The standard InChI is InChI=1S/C15H21NO4/c1-9(2)20-13-8-6-5-7-12(13)16-14(17)10(3)11(4)15(18)19/h5-11H,1-4H3,(H,16,17)(H,18,19). The molecule has 0 fully saturated rings. The molecule has 0 heterocycles. The molecule has 2 N–H and O–H groups in total. The SMILES string of the molecule is CC(C)Oc1ccccc1NC(=O)C(C)C(C)C(=O)O. The zero-order chi connectivity index (χ0) is 15.3. The topological polar surface area (TPSA) is 75.6 Å². The Kier molecular flexibility index (Phi) is 5.55. The Balaban J connectivity index is 2.83. The minimum atomic E-state index is -0.987. The van der Waals surface area contributed by atoms with E-state index in [1.165, 1.54) is 6.92 Å². The number of nitrogens with one attached hydrogen (secondary N) is 1. The highest BCUT2D eigenvalue weighted by atomic mass is 16.5. The third-order valence-corrected chi connectivity index (χ3v) is 3.06. The van der Waals surface area contributed by atoms with Crippen molar-refractivity contribution < 1.29 is 19.4 Å². The molecular formula is C15H21NO4. The Morgan fingerprint density at radius 2 is 1.70 bits per heavy atom. The number of carbonyl (C=O) groups is 2.